The Hall–Kier alpha value is -4.10. The molecule has 0 aliphatic rings. The van der Waals surface area contributed by atoms with E-state index in [1.54, 1.807) is 31.4 Å². The lowest BCUT2D eigenvalue weighted by molar-refractivity contribution is 0.0943. The summed E-state index contributed by atoms with van der Waals surface area (Å²) in [6, 6.07) is 11.2. The van der Waals surface area contributed by atoms with Gasteiger partial charge in [-0.05, 0) is 24.3 Å². The van der Waals surface area contributed by atoms with Crippen LogP contribution in [0.2, 0.25) is 5.15 Å². The van der Waals surface area contributed by atoms with Crippen molar-refractivity contribution in [1.29, 1.82) is 5.26 Å². The fourth-order valence-corrected chi connectivity index (χ4v) is 3.46. The maximum atomic E-state index is 14.0. The Kier molecular flexibility index (Phi) is 6.15. The molecule has 8 nitrogen and oxygen atoms in total. The van der Waals surface area contributed by atoms with Gasteiger partial charge in [0.2, 0.25) is 0 Å². The number of aryl methyl sites for hydroxylation is 1. The first-order valence-electron chi connectivity index (χ1n) is 9.62. The van der Waals surface area contributed by atoms with Crippen LogP contribution in [-0.2, 0) is 7.05 Å². The van der Waals surface area contributed by atoms with E-state index in [1.807, 2.05) is 6.07 Å². The normalized spacial score (nSPS) is 11.7. The third-order valence-electron chi connectivity index (χ3n) is 4.92. The fourth-order valence-electron chi connectivity index (χ4n) is 3.24. The van der Waals surface area contributed by atoms with Gasteiger partial charge in [0.05, 0.1) is 17.5 Å². The van der Waals surface area contributed by atoms with Crippen molar-refractivity contribution in [1.82, 2.24) is 25.2 Å². The van der Waals surface area contributed by atoms with Crippen molar-refractivity contribution >= 4 is 17.5 Å². The lowest BCUT2D eigenvalue weighted by Gasteiger charge is -2.16. The van der Waals surface area contributed by atoms with E-state index >= 15 is 0 Å². The number of rotatable bonds is 6. The third kappa shape index (κ3) is 4.58. The molecule has 11 heteroatoms. The summed E-state index contributed by atoms with van der Waals surface area (Å²) in [5.41, 5.74) is 1.21. The van der Waals surface area contributed by atoms with Crippen molar-refractivity contribution in [2.75, 3.05) is 6.54 Å². The Morgan fingerprint density at radius 3 is 2.82 bits per heavy atom. The van der Waals surface area contributed by atoms with Gasteiger partial charge in [0.15, 0.2) is 11.5 Å². The lowest BCUT2D eigenvalue weighted by Crippen LogP contribution is -2.29. The van der Waals surface area contributed by atoms with E-state index in [0.717, 1.165) is 6.07 Å². The SMILES string of the molecule is Cn1ncc(C(CNC(=O)c2cc(-c3ccc(F)cc3F)on2)c2cccc(C#N)n2)c1Cl. The molecule has 4 rings (SSSR count). The quantitative estimate of drug-likeness (QED) is 0.460. The van der Waals surface area contributed by atoms with E-state index < -0.39 is 23.5 Å². The molecule has 0 aliphatic heterocycles. The zero-order valence-electron chi connectivity index (χ0n) is 17.1. The largest absolute Gasteiger partial charge is 0.355 e. The number of benzene rings is 1. The first kappa shape index (κ1) is 22.1. The molecule has 0 saturated heterocycles. The number of nitrogens with zero attached hydrogens (tertiary/aromatic N) is 5. The number of hydrogen-bond acceptors (Lipinski definition) is 6. The zero-order chi connectivity index (χ0) is 23.5. The Morgan fingerprint density at radius 1 is 1.30 bits per heavy atom. The minimum Gasteiger partial charge on any atom is -0.355 e. The summed E-state index contributed by atoms with van der Waals surface area (Å²) >= 11 is 6.36. The van der Waals surface area contributed by atoms with E-state index in [4.69, 9.17) is 16.1 Å². The molecule has 1 atom stereocenters. The smallest absolute Gasteiger partial charge is 0.273 e. The average molecular weight is 469 g/mol. The summed E-state index contributed by atoms with van der Waals surface area (Å²) in [6.07, 6.45) is 1.56. The lowest BCUT2D eigenvalue weighted by atomic mass is 9.97. The van der Waals surface area contributed by atoms with Crippen LogP contribution in [0.4, 0.5) is 8.78 Å². The number of carbonyl (C=O) groups is 1. The van der Waals surface area contributed by atoms with Crippen LogP contribution in [0.25, 0.3) is 11.3 Å². The number of nitrogens with one attached hydrogen (secondary N) is 1. The first-order chi connectivity index (χ1) is 15.9. The van der Waals surface area contributed by atoms with Gasteiger partial charge in [-0.25, -0.2) is 13.8 Å². The van der Waals surface area contributed by atoms with Crippen molar-refractivity contribution < 1.29 is 18.1 Å². The third-order valence-corrected chi connectivity index (χ3v) is 5.38. The summed E-state index contributed by atoms with van der Waals surface area (Å²) in [5.74, 6) is -2.69. The van der Waals surface area contributed by atoms with Crippen LogP contribution in [0.15, 0.2) is 53.2 Å². The van der Waals surface area contributed by atoms with Crippen LogP contribution in [-0.4, -0.2) is 32.4 Å². The second kappa shape index (κ2) is 9.18. The number of amides is 1. The summed E-state index contributed by atoms with van der Waals surface area (Å²) in [6.45, 7) is 0.0548. The minimum atomic E-state index is -0.840. The van der Waals surface area contributed by atoms with Crippen LogP contribution >= 0.6 is 11.6 Å². The van der Waals surface area contributed by atoms with Crippen molar-refractivity contribution in [2.45, 2.75) is 5.92 Å². The highest BCUT2D eigenvalue weighted by molar-refractivity contribution is 6.30. The van der Waals surface area contributed by atoms with Gasteiger partial charge in [0, 0.05) is 37.2 Å². The van der Waals surface area contributed by atoms with Crippen LogP contribution in [0, 0.1) is 23.0 Å². The molecular weight excluding hydrogens is 454 g/mol. The fraction of sp³-hybridized carbons (Fsp3) is 0.136. The van der Waals surface area contributed by atoms with Gasteiger partial charge in [-0.1, -0.05) is 22.8 Å². The summed E-state index contributed by atoms with van der Waals surface area (Å²) in [7, 11) is 1.67. The number of hydrogen-bond donors (Lipinski definition) is 1. The van der Waals surface area contributed by atoms with E-state index in [0.29, 0.717) is 22.5 Å². The molecule has 1 unspecified atom stereocenters. The van der Waals surface area contributed by atoms with Crippen molar-refractivity contribution in [2.24, 2.45) is 7.05 Å². The maximum absolute atomic E-state index is 14.0. The molecule has 0 spiro atoms. The topological polar surface area (TPSA) is 110 Å². The monoisotopic (exact) mass is 468 g/mol. The first-order valence-corrected chi connectivity index (χ1v) is 10.00. The van der Waals surface area contributed by atoms with E-state index in [9.17, 15) is 18.8 Å². The summed E-state index contributed by atoms with van der Waals surface area (Å²) < 4.78 is 33.7. The predicted octanol–water partition coefficient (Wildman–Crippen LogP) is 3.84. The molecule has 1 N–H and O–H groups in total. The molecule has 3 heterocycles. The van der Waals surface area contributed by atoms with Gasteiger partial charge in [-0.2, -0.15) is 10.4 Å². The summed E-state index contributed by atoms with van der Waals surface area (Å²) in [5, 5.41) is 20.1. The predicted molar refractivity (Wildman–Crippen MR) is 113 cm³/mol. The molecule has 1 amide bonds. The van der Waals surface area contributed by atoms with Gasteiger partial charge in [0.25, 0.3) is 5.91 Å². The molecule has 33 heavy (non-hydrogen) atoms. The van der Waals surface area contributed by atoms with Crippen LogP contribution in [0.3, 0.4) is 0 Å². The van der Waals surface area contributed by atoms with Gasteiger partial charge >= 0.3 is 0 Å². The number of halogens is 3. The molecule has 4 aromatic rings. The van der Waals surface area contributed by atoms with Crippen molar-refractivity contribution in [3.63, 3.8) is 0 Å². The zero-order valence-corrected chi connectivity index (χ0v) is 17.8. The molecule has 0 fully saturated rings. The van der Waals surface area contributed by atoms with Crippen LogP contribution < -0.4 is 5.32 Å². The standard InChI is InChI=1S/C22H15ClF2N6O2/c1-31-21(23)16(11-28-31)15(18-4-2-3-13(9-26)29-18)10-27-22(32)19-8-20(33-30-19)14-6-5-12(24)7-17(14)25/h2-8,11,15H,10H2,1H3,(H,27,32). The number of pyridine rings is 1. The van der Waals surface area contributed by atoms with Gasteiger partial charge in [0.1, 0.15) is 28.6 Å². The van der Waals surface area contributed by atoms with Gasteiger partial charge in [-0.3, -0.25) is 9.48 Å². The highest BCUT2D eigenvalue weighted by Crippen LogP contribution is 2.29. The van der Waals surface area contributed by atoms with E-state index in [1.165, 1.54) is 16.8 Å². The van der Waals surface area contributed by atoms with E-state index in [2.05, 4.69) is 20.6 Å². The van der Waals surface area contributed by atoms with Gasteiger partial charge < -0.3 is 9.84 Å². The molecule has 0 radical (unpaired) electrons. The maximum Gasteiger partial charge on any atom is 0.273 e. The molecule has 3 aromatic heterocycles. The Labute approximate surface area is 191 Å². The highest BCUT2D eigenvalue weighted by atomic mass is 35.5. The second-order valence-electron chi connectivity index (χ2n) is 7.04. The molecule has 166 valence electrons. The second-order valence-corrected chi connectivity index (χ2v) is 7.40. The van der Waals surface area contributed by atoms with Crippen molar-refractivity contribution in [3.05, 3.63) is 88.1 Å². The molecule has 0 aliphatic carbocycles. The Bertz CT molecular complexity index is 1380. The molecular formula is C22H15ClF2N6O2. The number of carbonyl (C=O) groups excluding carboxylic acids is 1. The number of nitriles is 1. The highest BCUT2D eigenvalue weighted by Gasteiger charge is 2.24. The Morgan fingerprint density at radius 2 is 2.12 bits per heavy atom. The van der Waals surface area contributed by atoms with Gasteiger partial charge in [-0.15, -0.1) is 0 Å². The number of aromatic nitrogens is 4. The molecule has 1 aromatic carbocycles. The Balaban J connectivity index is 1.57. The van der Waals surface area contributed by atoms with Crippen LogP contribution in [0.1, 0.15) is 33.4 Å². The summed E-state index contributed by atoms with van der Waals surface area (Å²) in [4.78, 5) is 17.0. The van der Waals surface area contributed by atoms with Crippen molar-refractivity contribution in [3.8, 4) is 17.4 Å². The molecule has 0 saturated carbocycles. The average Bonchev–Trinajstić information content (AvgIpc) is 3.42. The minimum absolute atomic E-state index is 0.0205. The van der Waals surface area contributed by atoms with Crippen LogP contribution in [0.5, 0.6) is 0 Å². The molecule has 0 bridgehead atoms. The van der Waals surface area contributed by atoms with E-state index in [-0.39, 0.29) is 29.3 Å².